The van der Waals surface area contributed by atoms with Gasteiger partial charge >= 0.3 is 0 Å². The van der Waals surface area contributed by atoms with Crippen molar-refractivity contribution in [3.05, 3.63) is 138 Å². The van der Waals surface area contributed by atoms with Crippen molar-refractivity contribution in [2.75, 3.05) is 0 Å². The number of hydrogen-bond acceptors (Lipinski definition) is 7. The molecule has 0 saturated carbocycles. The molecule has 12 nitrogen and oxygen atoms in total. The summed E-state index contributed by atoms with van der Waals surface area (Å²) in [6.45, 7) is 7.49. The van der Waals surface area contributed by atoms with Gasteiger partial charge in [-0.1, -0.05) is 24.3 Å². The first kappa shape index (κ1) is 28.4. The van der Waals surface area contributed by atoms with Gasteiger partial charge in [0, 0.05) is 37.4 Å². The Morgan fingerprint density at radius 2 is 1.30 bits per heavy atom. The van der Waals surface area contributed by atoms with E-state index >= 15 is 0 Å². The second-order valence-electron chi connectivity index (χ2n) is 8.19. The van der Waals surface area contributed by atoms with E-state index in [9.17, 15) is 35.1 Å². The lowest BCUT2D eigenvalue weighted by Crippen LogP contribution is -2.25. The smallest absolute Gasteiger partial charge is 0.269 e. The molecule has 0 heterocycles. The zero-order chi connectivity index (χ0) is 29.1. The third-order valence-electron chi connectivity index (χ3n) is 5.44. The van der Waals surface area contributed by atoms with Crippen LogP contribution in [-0.2, 0) is 22.7 Å². The summed E-state index contributed by atoms with van der Waals surface area (Å²) in [6.07, 6.45) is 2.65. The summed E-state index contributed by atoms with van der Waals surface area (Å²) in [4.78, 5) is 48.7. The van der Waals surface area contributed by atoms with E-state index in [-0.39, 0.29) is 35.7 Å². The van der Waals surface area contributed by atoms with Crippen LogP contribution < -0.4 is 10.6 Å². The largest absolute Gasteiger partial charge is 0.357 e. The lowest BCUT2D eigenvalue weighted by atomic mass is 10.1. The molecule has 3 rings (SSSR count). The quantitative estimate of drug-likeness (QED) is 0.128. The molecule has 0 radical (unpaired) electrons. The van der Waals surface area contributed by atoms with Crippen LogP contribution in [-0.4, -0.2) is 21.7 Å². The van der Waals surface area contributed by atoms with Crippen molar-refractivity contribution >= 4 is 35.3 Å². The van der Waals surface area contributed by atoms with E-state index in [2.05, 4.69) is 15.5 Å². The summed E-state index contributed by atoms with van der Waals surface area (Å²) in [7, 11) is 0. The molecule has 3 aromatic carbocycles. The second kappa shape index (κ2) is 13.4. The average molecular weight is 537 g/mol. The molecule has 0 bridgehead atoms. The van der Waals surface area contributed by atoms with Crippen LogP contribution in [0.15, 0.2) is 84.1 Å². The monoisotopic (exact) mass is 536 g/mol. The van der Waals surface area contributed by atoms with Crippen LogP contribution in [0.2, 0.25) is 0 Å². The summed E-state index contributed by atoms with van der Waals surface area (Å²) in [5, 5.41) is 36.2. The van der Waals surface area contributed by atoms with Crippen molar-refractivity contribution in [3.63, 3.8) is 0 Å². The van der Waals surface area contributed by atoms with E-state index in [1.807, 2.05) is 6.07 Å². The Morgan fingerprint density at radius 1 is 0.825 bits per heavy atom. The molecule has 0 spiro atoms. The van der Waals surface area contributed by atoms with Crippen molar-refractivity contribution in [1.82, 2.24) is 10.6 Å². The zero-order valence-electron chi connectivity index (χ0n) is 20.7. The highest BCUT2D eigenvalue weighted by Gasteiger charge is 2.12. The fraction of sp³-hybridized carbons (Fsp3) is 0.0714. The Labute approximate surface area is 228 Å². The summed E-state index contributed by atoms with van der Waals surface area (Å²) in [6, 6.07) is 19.6. The van der Waals surface area contributed by atoms with Gasteiger partial charge in [-0.3, -0.25) is 29.8 Å². The first-order valence-corrected chi connectivity index (χ1v) is 11.5. The second-order valence-corrected chi connectivity index (χ2v) is 8.19. The van der Waals surface area contributed by atoms with E-state index in [0.717, 1.165) is 0 Å². The number of nitrogens with zero attached hydrogens (tertiary/aromatic N) is 4. The van der Waals surface area contributed by atoms with Crippen LogP contribution in [0.4, 0.5) is 11.4 Å². The Balaban J connectivity index is 1.59. The number of nitriles is 1. The fourth-order valence-electron chi connectivity index (χ4n) is 3.41. The van der Waals surface area contributed by atoms with Gasteiger partial charge < -0.3 is 10.6 Å². The number of nitrogens with one attached hydrogen (secondary N) is 2. The van der Waals surface area contributed by atoms with Crippen molar-refractivity contribution in [2.45, 2.75) is 13.1 Å². The maximum absolute atomic E-state index is 12.5. The zero-order valence-corrected chi connectivity index (χ0v) is 20.7. The molecule has 2 amide bonds. The summed E-state index contributed by atoms with van der Waals surface area (Å²) < 4.78 is 0. The summed E-state index contributed by atoms with van der Waals surface area (Å²) in [5.74, 6) is -1.25. The lowest BCUT2D eigenvalue weighted by molar-refractivity contribution is -0.385. The molecular formula is C28H20N6O6. The molecule has 0 unspecified atom stereocenters. The Morgan fingerprint density at radius 3 is 1.75 bits per heavy atom. The number of amides is 2. The van der Waals surface area contributed by atoms with Gasteiger partial charge in [-0.15, -0.1) is 0 Å². The van der Waals surface area contributed by atoms with Gasteiger partial charge in [-0.05, 0) is 58.7 Å². The number of non-ortho nitro benzene ring substituents is 2. The maximum Gasteiger partial charge on any atom is 0.269 e. The van der Waals surface area contributed by atoms with Crippen molar-refractivity contribution in [1.29, 1.82) is 5.26 Å². The standard InChI is InChI=1S/C28H20N6O6/c1-30-26(15-20-7-11-25(12-8-20)34(39)40)28(36)32-18-22-4-2-3-21(13-22)17-31-27(35)23(16-29)14-19-5-9-24(10-6-19)33(37)38/h2-15H,17-18H2,(H,31,35)(H,32,36)/b23-14-,26-15+. The molecule has 0 aliphatic heterocycles. The number of carbonyl (C=O) groups excluding carboxylic acids is 2. The van der Waals surface area contributed by atoms with E-state index in [4.69, 9.17) is 6.57 Å². The summed E-state index contributed by atoms with van der Waals surface area (Å²) in [5.41, 5.74) is 1.72. The highest BCUT2D eigenvalue weighted by molar-refractivity contribution is 6.01. The predicted octanol–water partition coefficient (Wildman–Crippen LogP) is 4.30. The molecule has 0 saturated heterocycles. The highest BCUT2D eigenvalue weighted by Crippen LogP contribution is 2.16. The molecular weight excluding hydrogens is 516 g/mol. The van der Waals surface area contributed by atoms with E-state index in [0.29, 0.717) is 22.3 Å². The number of carbonyl (C=O) groups is 2. The first-order chi connectivity index (χ1) is 19.2. The van der Waals surface area contributed by atoms with Crippen LogP contribution in [0.1, 0.15) is 22.3 Å². The molecule has 0 aromatic heterocycles. The van der Waals surface area contributed by atoms with Gasteiger partial charge in [-0.2, -0.15) is 5.26 Å². The Bertz CT molecular complexity index is 1480. The van der Waals surface area contributed by atoms with Crippen LogP contribution in [0.5, 0.6) is 0 Å². The van der Waals surface area contributed by atoms with Gasteiger partial charge in [0.05, 0.1) is 16.4 Å². The van der Waals surface area contributed by atoms with Gasteiger partial charge in [0.25, 0.3) is 28.9 Å². The highest BCUT2D eigenvalue weighted by atomic mass is 16.6. The number of hydrogen-bond donors (Lipinski definition) is 2. The Kier molecular flexibility index (Phi) is 9.54. The van der Waals surface area contributed by atoms with Gasteiger partial charge in [0.2, 0.25) is 0 Å². The van der Waals surface area contributed by atoms with Gasteiger partial charge in [-0.25, -0.2) is 4.85 Å². The molecule has 2 N–H and O–H groups in total. The normalized spacial score (nSPS) is 11.1. The molecule has 0 aliphatic rings. The van der Waals surface area contributed by atoms with Crippen molar-refractivity contribution in [2.24, 2.45) is 0 Å². The lowest BCUT2D eigenvalue weighted by Gasteiger charge is -2.08. The topological polar surface area (TPSA) is 173 Å². The minimum atomic E-state index is -0.627. The van der Waals surface area contributed by atoms with Crippen molar-refractivity contribution < 1.29 is 19.4 Å². The third-order valence-corrected chi connectivity index (χ3v) is 5.44. The van der Waals surface area contributed by atoms with Crippen LogP contribution in [0.3, 0.4) is 0 Å². The van der Waals surface area contributed by atoms with Crippen LogP contribution in [0, 0.1) is 38.1 Å². The molecule has 0 fully saturated rings. The molecule has 3 aromatic rings. The third kappa shape index (κ3) is 7.93. The van der Waals surface area contributed by atoms with E-state index in [1.165, 1.54) is 60.7 Å². The van der Waals surface area contributed by atoms with Crippen LogP contribution >= 0.6 is 0 Å². The SMILES string of the molecule is [C-]#[N+]/C(=C/c1ccc([N+](=O)[O-])cc1)C(=O)NCc1cccc(CNC(=O)/C(C#N)=C\c2ccc([N+](=O)[O-])cc2)c1. The fourth-order valence-corrected chi connectivity index (χ4v) is 3.41. The minimum Gasteiger partial charge on any atom is -0.357 e. The summed E-state index contributed by atoms with van der Waals surface area (Å²) >= 11 is 0. The van der Waals surface area contributed by atoms with Gasteiger partial charge in [0.1, 0.15) is 11.6 Å². The maximum atomic E-state index is 12.5. The first-order valence-electron chi connectivity index (χ1n) is 11.5. The number of nitro groups is 2. The average Bonchev–Trinajstić information content (AvgIpc) is 2.96. The minimum absolute atomic E-state index is 0.0905. The number of rotatable bonds is 10. The number of benzene rings is 3. The predicted molar refractivity (Wildman–Crippen MR) is 144 cm³/mol. The Hall–Kier alpha value is -6.14. The number of nitro benzene ring substituents is 2. The van der Waals surface area contributed by atoms with E-state index < -0.39 is 21.7 Å². The molecule has 0 atom stereocenters. The molecule has 40 heavy (non-hydrogen) atoms. The molecule has 0 aliphatic carbocycles. The van der Waals surface area contributed by atoms with Gasteiger partial charge in [0.15, 0.2) is 0 Å². The van der Waals surface area contributed by atoms with Crippen molar-refractivity contribution in [3.8, 4) is 6.07 Å². The molecule has 12 heteroatoms. The van der Waals surface area contributed by atoms with Crippen LogP contribution in [0.25, 0.3) is 17.0 Å². The van der Waals surface area contributed by atoms with E-state index in [1.54, 1.807) is 24.3 Å². The molecule has 198 valence electrons.